The van der Waals surface area contributed by atoms with Gasteiger partial charge in [-0.25, -0.2) is 18.6 Å². The predicted octanol–water partition coefficient (Wildman–Crippen LogP) is 4.35. The summed E-state index contributed by atoms with van der Waals surface area (Å²) in [6.45, 7) is 1.23. The number of morpholine rings is 1. The SMILES string of the molecule is O=S(O)Nc1cccc(-c2c(-c3ccc(F)cc3)nc(C(F)(F)F)nc2N2CCOCC2)c1. The summed E-state index contributed by atoms with van der Waals surface area (Å²) in [5, 5.41) is 0. The fourth-order valence-corrected chi connectivity index (χ4v) is 3.83. The van der Waals surface area contributed by atoms with Gasteiger partial charge in [-0.05, 0) is 42.0 Å². The Morgan fingerprint density at radius 2 is 1.73 bits per heavy atom. The van der Waals surface area contributed by atoms with Crippen molar-refractivity contribution in [3.63, 3.8) is 0 Å². The van der Waals surface area contributed by atoms with Crippen molar-refractivity contribution in [3.05, 3.63) is 60.2 Å². The van der Waals surface area contributed by atoms with Crippen molar-refractivity contribution in [2.75, 3.05) is 35.9 Å². The molecule has 0 aliphatic carbocycles. The Labute approximate surface area is 188 Å². The molecule has 1 unspecified atom stereocenters. The average Bonchev–Trinajstić information content (AvgIpc) is 2.78. The molecule has 1 aliphatic heterocycles. The Balaban J connectivity index is 2.00. The van der Waals surface area contributed by atoms with Crippen LogP contribution in [-0.2, 0) is 22.2 Å². The highest BCUT2D eigenvalue weighted by molar-refractivity contribution is 7.80. The highest BCUT2D eigenvalue weighted by Gasteiger charge is 2.37. The van der Waals surface area contributed by atoms with Gasteiger partial charge in [0.2, 0.25) is 5.82 Å². The summed E-state index contributed by atoms with van der Waals surface area (Å²) in [5.41, 5.74) is 1.19. The van der Waals surface area contributed by atoms with Crippen LogP contribution in [0.2, 0.25) is 0 Å². The van der Waals surface area contributed by atoms with Gasteiger partial charge in [0.05, 0.1) is 24.5 Å². The Bertz CT molecular complexity index is 1170. The molecule has 2 aromatic carbocycles. The van der Waals surface area contributed by atoms with Crippen LogP contribution in [0, 0.1) is 5.82 Å². The third kappa shape index (κ3) is 5.29. The molecule has 2 N–H and O–H groups in total. The van der Waals surface area contributed by atoms with Crippen LogP contribution < -0.4 is 9.62 Å². The van der Waals surface area contributed by atoms with Crippen molar-refractivity contribution in [1.82, 2.24) is 9.97 Å². The molecule has 4 rings (SSSR count). The molecule has 12 heteroatoms. The van der Waals surface area contributed by atoms with Gasteiger partial charge in [-0.3, -0.25) is 9.27 Å². The number of halogens is 4. The highest BCUT2D eigenvalue weighted by Crippen LogP contribution is 2.41. The zero-order valence-corrected chi connectivity index (χ0v) is 17.8. The van der Waals surface area contributed by atoms with E-state index in [0.29, 0.717) is 31.9 Å². The fraction of sp³-hybridized carbons (Fsp3) is 0.238. The van der Waals surface area contributed by atoms with E-state index in [1.807, 2.05) is 0 Å². The van der Waals surface area contributed by atoms with Gasteiger partial charge in [0.1, 0.15) is 11.6 Å². The fourth-order valence-electron chi connectivity index (χ4n) is 3.50. The van der Waals surface area contributed by atoms with Crippen molar-refractivity contribution >= 4 is 22.8 Å². The van der Waals surface area contributed by atoms with Gasteiger partial charge in [0, 0.05) is 24.3 Å². The van der Waals surface area contributed by atoms with E-state index in [2.05, 4.69) is 14.7 Å². The molecule has 0 saturated carbocycles. The summed E-state index contributed by atoms with van der Waals surface area (Å²) >= 11 is -2.35. The van der Waals surface area contributed by atoms with Crippen LogP contribution in [0.4, 0.5) is 29.1 Å². The molecule has 0 amide bonds. The molecule has 174 valence electrons. The minimum absolute atomic E-state index is 0.0407. The van der Waals surface area contributed by atoms with Crippen molar-refractivity contribution < 1.29 is 31.1 Å². The van der Waals surface area contributed by atoms with Crippen LogP contribution in [0.5, 0.6) is 0 Å². The first-order chi connectivity index (χ1) is 15.7. The number of nitrogens with zero attached hydrogens (tertiary/aromatic N) is 3. The lowest BCUT2D eigenvalue weighted by Gasteiger charge is -2.31. The van der Waals surface area contributed by atoms with Crippen molar-refractivity contribution in [3.8, 4) is 22.4 Å². The first-order valence-electron chi connectivity index (χ1n) is 9.78. The summed E-state index contributed by atoms with van der Waals surface area (Å²) < 4.78 is 82.8. The molecule has 33 heavy (non-hydrogen) atoms. The van der Waals surface area contributed by atoms with Gasteiger partial charge in [0.15, 0.2) is 0 Å². The number of alkyl halides is 3. The van der Waals surface area contributed by atoms with E-state index in [4.69, 9.17) is 9.29 Å². The molecule has 1 aliphatic rings. The van der Waals surface area contributed by atoms with Gasteiger partial charge in [0.25, 0.3) is 11.3 Å². The van der Waals surface area contributed by atoms with E-state index < -0.39 is 29.1 Å². The number of nitrogens with one attached hydrogen (secondary N) is 1. The van der Waals surface area contributed by atoms with E-state index >= 15 is 0 Å². The molecule has 0 radical (unpaired) electrons. The number of anilines is 2. The number of hydrogen-bond acceptors (Lipinski definition) is 5. The maximum Gasteiger partial charge on any atom is 0.451 e. The van der Waals surface area contributed by atoms with Crippen molar-refractivity contribution in [2.45, 2.75) is 6.18 Å². The van der Waals surface area contributed by atoms with Gasteiger partial charge in [-0.1, -0.05) is 12.1 Å². The molecular weight excluding hydrogens is 464 g/mol. The second-order valence-electron chi connectivity index (χ2n) is 7.13. The Morgan fingerprint density at radius 3 is 2.36 bits per heavy atom. The maximum absolute atomic E-state index is 13.7. The van der Waals surface area contributed by atoms with E-state index in [-0.39, 0.29) is 28.3 Å². The third-order valence-corrected chi connectivity index (χ3v) is 5.34. The van der Waals surface area contributed by atoms with E-state index in [9.17, 15) is 21.8 Å². The minimum Gasteiger partial charge on any atom is -0.378 e. The molecular formula is C21H18F4N4O3S. The van der Waals surface area contributed by atoms with Crippen molar-refractivity contribution in [1.29, 1.82) is 0 Å². The van der Waals surface area contributed by atoms with E-state index in [1.165, 1.54) is 24.3 Å². The zero-order valence-electron chi connectivity index (χ0n) is 17.0. The second-order valence-corrected chi connectivity index (χ2v) is 7.83. The van der Waals surface area contributed by atoms with Crippen LogP contribution in [0.1, 0.15) is 5.82 Å². The minimum atomic E-state index is -4.81. The molecule has 3 aromatic rings. The van der Waals surface area contributed by atoms with Gasteiger partial charge in [-0.2, -0.15) is 13.2 Å². The lowest BCUT2D eigenvalue weighted by atomic mass is 9.98. The second kappa shape index (κ2) is 9.41. The molecule has 1 aromatic heterocycles. The maximum atomic E-state index is 13.7. The zero-order chi connectivity index (χ0) is 23.6. The lowest BCUT2D eigenvalue weighted by Crippen LogP contribution is -2.37. The first-order valence-corrected chi connectivity index (χ1v) is 10.9. The largest absolute Gasteiger partial charge is 0.451 e. The smallest absolute Gasteiger partial charge is 0.378 e. The van der Waals surface area contributed by atoms with Gasteiger partial charge in [-0.15, -0.1) is 0 Å². The van der Waals surface area contributed by atoms with Crippen molar-refractivity contribution in [2.24, 2.45) is 0 Å². The van der Waals surface area contributed by atoms with E-state index in [1.54, 1.807) is 17.0 Å². The Kier molecular flexibility index (Phi) is 6.58. The number of hydrogen-bond donors (Lipinski definition) is 2. The predicted molar refractivity (Wildman–Crippen MR) is 115 cm³/mol. The molecule has 7 nitrogen and oxygen atoms in total. The number of rotatable bonds is 5. The molecule has 1 fully saturated rings. The summed E-state index contributed by atoms with van der Waals surface area (Å²) in [6.07, 6.45) is -4.81. The Hall–Kier alpha value is -3.09. The summed E-state index contributed by atoms with van der Waals surface area (Å²) in [7, 11) is 0. The topological polar surface area (TPSA) is 87.6 Å². The number of ether oxygens (including phenoxy) is 1. The monoisotopic (exact) mass is 482 g/mol. The summed E-state index contributed by atoms with van der Waals surface area (Å²) in [5.74, 6) is -1.82. The van der Waals surface area contributed by atoms with Crippen LogP contribution >= 0.6 is 0 Å². The van der Waals surface area contributed by atoms with Crippen LogP contribution in [0.3, 0.4) is 0 Å². The molecule has 1 atom stereocenters. The lowest BCUT2D eigenvalue weighted by molar-refractivity contribution is -0.144. The van der Waals surface area contributed by atoms with Gasteiger partial charge >= 0.3 is 6.18 Å². The average molecular weight is 482 g/mol. The molecule has 1 saturated heterocycles. The van der Waals surface area contributed by atoms with Gasteiger partial charge < -0.3 is 9.64 Å². The highest BCUT2D eigenvalue weighted by atomic mass is 32.2. The quantitative estimate of drug-likeness (QED) is 0.415. The van der Waals surface area contributed by atoms with Crippen LogP contribution in [0.15, 0.2) is 48.5 Å². The molecule has 0 spiro atoms. The first kappa shape index (κ1) is 23.1. The summed E-state index contributed by atoms with van der Waals surface area (Å²) in [6, 6.07) is 11.2. The molecule has 0 bridgehead atoms. The van der Waals surface area contributed by atoms with Crippen LogP contribution in [-0.4, -0.2) is 45.0 Å². The van der Waals surface area contributed by atoms with Crippen LogP contribution in [0.25, 0.3) is 22.4 Å². The summed E-state index contributed by atoms with van der Waals surface area (Å²) in [4.78, 5) is 9.36. The normalized spacial score (nSPS) is 15.4. The number of benzene rings is 2. The molecule has 2 heterocycles. The standard InChI is InChI=1S/C21H18F4N4O3S/c22-15-6-4-13(5-7-15)18-17(14-2-1-3-16(12-14)28-33(30)31)19(29-8-10-32-11-9-29)27-20(26-18)21(23,24)25/h1-7,12,28H,8-11H2,(H,30,31). The Morgan fingerprint density at radius 1 is 1.03 bits per heavy atom. The van der Waals surface area contributed by atoms with E-state index in [0.717, 1.165) is 12.1 Å². The third-order valence-electron chi connectivity index (χ3n) is 4.93. The number of aromatic nitrogens is 2.